The van der Waals surface area contributed by atoms with E-state index in [-0.39, 0.29) is 28.4 Å². The third kappa shape index (κ3) is 3.69. The Balaban J connectivity index is 0.00000242. The molecular formula is C16H18ClNO4. The first-order valence-corrected chi connectivity index (χ1v) is 6.48. The molecule has 0 unspecified atom stereocenters. The van der Waals surface area contributed by atoms with Gasteiger partial charge < -0.3 is 27.7 Å². The van der Waals surface area contributed by atoms with Crippen LogP contribution in [-0.2, 0) is 6.54 Å². The number of rotatable bonds is 3. The smallest absolute Gasteiger partial charge is 0.346 e. The van der Waals surface area contributed by atoms with Gasteiger partial charge in [-0.15, -0.1) is 0 Å². The van der Waals surface area contributed by atoms with Crippen molar-refractivity contribution in [2.24, 2.45) is 0 Å². The maximum absolute atomic E-state index is 12.6. The predicted octanol–water partition coefficient (Wildman–Crippen LogP) is -0.776. The lowest BCUT2D eigenvalue weighted by Crippen LogP contribution is -3.00. The molecule has 3 N–H and O–H groups in total. The minimum absolute atomic E-state index is 0. The summed E-state index contributed by atoms with van der Waals surface area (Å²) in [7, 11) is 3.49. The number of quaternary nitrogens is 1. The topological polar surface area (TPSA) is 77.8 Å². The number of amides is 1. The summed E-state index contributed by atoms with van der Waals surface area (Å²) in [6.07, 6.45) is 0. The van der Waals surface area contributed by atoms with E-state index in [2.05, 4.69) is 0 Å². The minimum Gasteiger partial charge on any atom is -1.00 e. The van der Waals surface area contributed by atoms with Crippen molar-refractivity contribution in [2.75, 3.05) is 14.1 Å². The van der Waals surface area contributed by atoms with Crippen LogP contribution in [0.3, 0.4) is 0 Å². The number of nitrogens with zero attached hydrogens (tertiary/aromatic N) is 1. The molecule has 0 spiro atoms. The summed E-state index contributed by atoms with van der Waals surface area (Å²) in [4.78, 5) is 12.6. The van der Waals surface area contributed by atoms with Crippen molar-refractivity contribution in [1.29, 1.82) is 0 Å². The third-order valence-corrected chi connectivity index (χ3v) is 3.29. The molecule has 0 saturated carbocycles. The second-order valence-electron chi connectivity index (χ2n) is 5.50. The molecule has 1 amide bonds. The van der Waals surface area contributed by atoms with Gasteiger partial charge in [0, 0.05) is 17.7 Å². The van der Waals surface area contributed by atoms with E-state index in [4.69, 9.17) is 0 Å². The van der Waals surface area contributed by atoms with Crippen molar-refractivity contribution in [2.45, 2.75) is 6.54 Å². The molecule has 0 aliphatic rings. The molecule has 0 aliphatic heterocycles. The van der Waals surface area contributed by atoms with Crippen LogP contribution in [0.5, 0.6) is 17.2 Å². The number of benzene rings is 2. The van der Waals surface area contributed by atoms with Crippen LogP contribution >= 0.6 is 0 Å². The zero-order chi connectivity index (χ0) is 15.6. The van der Waals surface area contributed by atoms with Gasteiger partial charge >= 0.3 is 5.91 Å². The van der Waals surface area contributed by atoms with E-state index in [0.717, 1.165) is 17.7 Å². The molecule has 2 aromatic rings. The first kappa shape index (κ1) is 17.8. The van der Waals surface area contributed by atoms with Crippen LogP contribution in [0, 0.1) is 0 Å². The average molecular weight is 324 g/mol. The molecule has 0 aliphatic carbocycles. The molecule has 2 aromatic carbocycles. The average Bonchev–Trinajstić information content (AvgIpc) is 2.44. The van der Waals surface area contributed by atoms with Crippen molar-refractivity contribution < 1.29 is 37.0 Å². The quantitative estimate of drug-likeness (QED) is 0.512. The number of carbonyl (C=O) groups excluding carboxylic acids is 1. The van der Waals surface area contributed by atoms with E-state index in [1.165, 1.54) is 0 Å². The molecule has 0 aromatic heterocycles. The number of halogens is 1. The Bertz CT molecular complexity index is 648. The number of phenols is 3. The second-order valence-corrected chi connectivity index (χ2v) is 5.50. The predicted molar refractivity (Wildman–Crippen MR) is 78.0 cm³/mol. The fourth-order valence-electron chi connectivity index (χ4n) is 2.19. The molecule has 0 heterocycles. The van der Waals surface area contributed by atoms with Gasteiger partial charge in [-0.25, -0.2) is 4.79 Å². The number of hydrogen-bond donors (Lipinski definition) is 3. The van der Waals surface area contributed by atoms with E-state index in [9.17, 15) is 20.1 Å². The summed E-state index contributed by atoms with van der Waals surface area (Å²) in [5.41, 5.74) is 1.15. The van der Waals surface area contributed by atoms with Crippen LogP contribution in [0.4, 0.5) is 0 Å². The highest BCUT2D eigenvalue weighted by Crippen LogP contribution is 2.36. The molecule has 2 rings (SSSR count). The molecule has 118 valence electrons. The summed E-state index contributed by atoms with van der Waals surface area (Å²) in [5, 5.41) is 28.4. The standard InChI is InChI=1S/C16H17NO4.ClH/c1-17(2,10-11-6-4-3-5-7-11)16(21)12-8-13(18)15(20)14(19)9-12;/h3-9H,10H2,1-2H3,(H2-,18,19,20,21);1H. The van der Waals surface area contributed by atoms with Gasteiger partial charge in [0.25, 0.3) is 0 Å². The molecule has 0 atom stereocenters. The van der Waals surface area contributed by atoms with E-state index in [1.54, 1.807) is 14.1 Å². The third-order valence-electron chi connectivity index (χ3n) is 3.29. The molecule has 0 radical (unpaired) electrons. The normalized spacial score (nSPS) is 10.8. The van der Waals surface area contributed by atoms with Gasteiger partial charge in [-0.3, -0.25) is 4.48 Å². The Kier molecular flexibility index (Phi) is 5.41. The number of aromatic hydroxyl groups is 3. The van der Waals surface area contributed by atoms with Crippen LogP contribution in [-0.4, -0.2) is 39.8 Å². The summed E-state index contributed by atoms with van der Waals surface area (Å²) < 4.78 is 0.0215. The van der Waals surface area contributed by atoms with Crippen LogP contribution < -0.4 is 12.4 Å². The van der Waals surface area contributed by atoms with E-state index in [0.29, 0.717) is 6.54 Å². The zero-order valence-electron chi connectivity index (χ0n) is 12.3. The molecule has 6 heteroatoms. The minimum atomic E-state index is -0.625. The lowest BCUT2D eigenvalue weighted by atomic mass is 10.1. The summed E-state index contributed by atoms with van der Waals surface area (Å²) in [6.45, 7) is 0.474. The number of hydrogen-bond acceptors (Lipinski definition) is 4. The van der Waals surface area contributed by atoms with Gasteiger partial charge in [-0.05, 0) is 0 Å². The first-order valence-electron chi connectivity index (χ1n) is 6.48. The Morgan fingerprint density at radius 3 is 2.00 bits per heavy atom. The molecular weight excluding hydrogens is 306 g/mol. The van der Waals surface area contributed by atoms with Crippen molar-refractivity contribution >= 4 is 5.91 Å². The van der Waals surface area contributed by atoms with E-state index < -0.39 is 17.2 Å². The van der Waals surface area contributed by atoms with Crippen molar-refractivity contribution in [3.8, 4) is 17.2 Å². The fraction of sp³-hybridized carbons (Fsp3) is 0.188. The summed E-state index contributed by atoms with van der Waals surface area (Å²) in [6, 6.07) is 11.9. The Labute approximate surface area is 135 Å². The lowest BCUT2D eigenvalue weighted by Gasteiger charge is -2.27. The molecule has 0 fully saturated rings. The lowest BCUT2D eigenvalue weighted by molar-refractivity contribution is -0.821. The highest BCUT2D eigenvalue weighted by Gasteiger charge is 2.29. The summed E-state index contributed by atoms with van der Waals surface area (Å²) >= 11 is 0. The van der Waals surface area contributed by atoms with Gasteiger partial charge in [0.05, 0.1) is 19.7 Å². The van der Waals surface area contributed by atoms with Gasteiger partial charge in [0.15, 0.2) is 17.2 Å². The first-order chi connectivity index (χ1) is 9.81. The van der Waals surface area contributed by atoms with Crippen LogP contribution in [0.25, 0.3) is 0 Å². The molecule has 0 bridgehead atoms. The van der Waals surface area contributed by atoms with Gasteiger partial charge in [0.1, 0.15) is 6.54 Å². The molecule has 5 nitrogen and oxygen atoms in total. The van der Waals surface area contributed by atoms with Crippen LogP contribution in [0.1, 0.15) is 15.9 Å². The molecule has 0 saturated heterocycles. The highest BCUT2D eigenvalue weighted by molar-refractivity contribution is 5.90. The van der Waals surface area contributed by atoms with Crippen LogP contribution in [0.2, 0.25) is 0 Å². The van der Waals surface area contributed by atoms with Gasteiger partial charge in [0.2, 0.25) is 0 Å². The zero-order valence-corrected chi connectivity index (χ0v) is 13.1. The summed E-state index contributed by atoms with van der Waals surface area (Å²) in [5.74, 6) is -1.93. The maximum atomic E-state index is 12.6. The SMILES string of the molecule is C[N+](C)(Cc1ccccc1)C(=O)c1cc(O)c(O)c(O)c1.[Cl-]. The van der Waals surface area contributed by atoms with E-state index in [1.807, 2.05) is 30.3 Å². The molecule has 22 heavy (non-hydrogen) atoms. The second kappa shape index (κ2) is 6.68. The Hall–Kier alpha value is -2.24. The Morgan fingerprint density at radius 1 is 1.00 bits per heavy atom. The largest absolute Gasteiger partial charge is 1.00 e. The van der Waals surface area contributed by atoms with Gasteiger partial charge in [-0.1, -0.05) is 30.3 Å². The Morgan fingerprint density at radius 2 is 1.50 bits per heavy atom. The highest BCUT2D eigenvalue weighted by atomic mass is 35.5. The van der Waals surface area contributed by atoms with Crippen molar-refractivity contribution in [1.82, 2.24) is 0 Å². The number of carbonyl (C=O) groups is 1. The number of phenolic OH excluding ortho intramolecular Hbond substituents is 3. The maximum Gasteiger partial charge on any atom is 0.346 e. The van der Waals surface area contributed by atoms with Crippen molar-refractivity contribution in [3.05, 3.63) is 53.6 Å². The fourth-order valence-corrected chi connectivity index (χ4v) is 2.19. The van der Waals surface area contributed by atoms with E-state index >= 15 is 0 Å². The monoisotopic (exact) mass is 323 g/mol. The van der Waals surface area contributed by atoms with Crippen LogP contribution in [0.15, 0.2) is 42.5 Å². The van der Waals surface area contributed by atoms with Gasteiger partial charge in [-0.2, -0.15) is 0 Å². The van der Waals surface area contributed by atoms with Crippen molar-refractivity contribution in [3.63, 3.8) is 0 Å².